The third-order valence-electron chi connectivity index (χ3n) is 3.74. The van der Waals surface area contributed by atoms with Crippen molar-refractivity contribution in [3.63, 3.8) is 0 Å². The molecule has 1 heterocycles. The molecule has 0 radical (unpaired) electrons. The third-order valence-corrected chi connectivity index (χ3v) is 5.15. The fourth-order valence-electron chi connectivity index (χ4n) is 2.58. The van der Waals surface area contributed by atoms with Crippen LogP contribution < -0.4 is 4.74 Å². The van der Waals surface area contributed by atoms with Gasteiger partial charge in [-0.2, -0.15) is 0 Å². The fraction of sp³-hybridized carbons (Fsp3) is 0.200. The molecule has 0 fully saturated rings. The van der Waals surface area contributed by atoms with Crippen LogP contribution in [0.1, 0.15) is 18.7 Å². The van der Waals surface area contributed by atoms with Gasteiger partial charge in [0.05, 0.1) is 23.2 Å². The minimum Gasteiger partial charge on any atom is -0.488 e. The van der Waals surface area contributed by atoms with Crippen LogP contribution in [0.4, 0.5) is 8.78 Å². The van der Waals surface area contributed by atoms with Gasteiger partial charge in [-0.15, -0.1) is 11.3 Å². The molecule has 0 saturated carbocycles. The number of halogens is 3. The summed E-state index contributed by atoms with van der Waals surface area (Å²) < 4.78 is 33.6. The van der Waals surface area contributed by atoms with Crippen LogP contribution in [0, 0.1) is 11.6 Å². The van der Waals surface area contributed by atoms with Gasteiger partial charge in [0.25, 0.3) is 0 Å². The summed E-state index contributed by atoms with van der Waals surface area (Å²) in [5.41, 5.74) is 1.22. The van der Waals surface area contributed by atoms with Crippen molar-refractivity contribution >= 4 is 28.9 Å². The molecule has 0 aliphatic heterocycles. The number of aliphatic carboxylic acids is 1. The van der Waals surface area contributed by atoms with Crippen LogP contribution in [-0.4, -0.2) is 22.2 Å². The number of carboxylic acid groups (broad SMARTS) is 1. The van der Waals surface area contributed by atoms with E-state index in [9.17, 15) is 18.7 Å². The van der Waals surface area contributed by atoms with Gasteiger partial charge in [-0.25, -0.2) is 13.8 Å². The Hall–Kier alpha value is -2.51. The Kier molecular flexibility index (Phi) is 5.96. The summed E-state index contributed by atoms with van der Waals surface area (Å²) >= 11 is 6.84. The van der Waals surface area contributed by atoms with E-state index in [1.54, 1.807) is 26.0 Å². The first kappa shape index (κ1) is 20.2. The van der Waals surface area contributed by atoms with E-state index in [4.69, 9.17) is 16.3 Å². The van der Waals surface area contributed by atoms with Gasteiger partial charge in [-0.1, -0.05) is 17.7 Å². The molecule has 28 heavy (non-hydrogen) atoms. The maximum atomic E-state index is 14.3. The van der Waals surface area contributed by atoms with E-state index in [0.717, 1.165) is 11.3 Å². The smallest absolute Gasteiger partial charge is 0.308 e. The summed E-state index contributed by atoms with van der Waals surface area (Å²) in [6.45, 7) is 3.59. The first-order chi connectivity index (χ1) is 13.2. The van der Waals surface area contributed by atoms with E-state index < -0.39 is 17.6 Å². The minimum atomic E-state index is -1.04. The number of hydrogen-bond donors (Lipinski definition) is 1. The predicted octanol–water partition coefficient (Wildman–Crippen LogP) is 5.82. The highest BCUT2D eigenvalue weighted by molar-refractivity contribution is 7.15. The first-order valence-electron chi connectivity index (χ1n) is 8.38. The van der Waals surface area contributed by atoms with Crippen LogP contribution in [-0.2, 0) is 11.2 Å². The van der Waals surface area contributed by atoms with Crippen LogP contribution in [0.3, 0.4) is 0 Å². The lowest BCUT2D eigenvalue weighted by molar-refractivity contribution is -0.136. The van der Waals surface area contributed by atoms with Crippen molar-refractivity contribution in [2.75, 3.05) is 0 Å². The second-order valence-corrected chi connectivity index (χ2v) is 7.79. The molecule has 8 heteroatoms. The lowest BCUT2D eigenvalue weighted by Gasteiger charge is -2.10. The van der Waals surface area contributed by atoms with E-state index in [2.05, 4.69) is 4.98 Å². The van der Waals surface area contributed by atoms with Crippen LogP contribution in [0.25, 0.3) is 21.8 Å². The molecule has 0 bridgehead atoms. The van der Waals surface area contributed by atoms with Gasteiger partial charge < -0.3 is 9.84 Å². The van der Waals surface area contributed by atoms with Crippen molar-refractivity contribution in [3.05, 3.63) is 57.9 Å². The molecule has 0 atom stereocenters. The third kappa shape index (κ3) is 4.48. The zero-order valence-corrected chi connectivity index (χ0v) is 16.6. The van der Waals surface area contributed by atoms with Crippen molar-refractivity contribution in [2.24, 2.45) is 0 Å². The minimum absolute atomic E-state index is 0.0400. The molecule has 0 aliphatic carbocycles. The summed E-state index contributed by atoms with van der Waals surface area (Å²) in [6, 6.07) is 8.59. The Balaban J connectivity index is 2.05. The molecule has 1 aromatic heterocycles. The van der Waals surface area contributed by atoms with E-state index in [1.807, 2.05) is 0 Å². The average molecular weight is 424 g/mol. The predicted molar refractivity (Wildman–Crippen MR) is 105 cm³/mol. The standard InChI is InChI=1S/C20H16ClF2NO3S/c1-10(2)27-16-6-4-12(8-15(16)23)20-24-19(17(28-20)9-18(25)26)11-3-5-13(21)14(22)7-11/h3-8,10H,9H2,1-2H3,(H,25,26). The van der Waals surface area contributed by atoms with E-state index in [-0.39, 0.29) is 23.3 Å². The molecular formula is C20H16ClF2NO3S. The average Bonchev–Trinajstić information content (AvgIpc) is 3.02. The Morgan fingerprint density at radius 3 is 2.46 bits per heavy atom. The van der Waals surface area contributed by atoms with Crippen LogP contribution in [0.15, 0.2) is 36.4 Å². The summed E-state index contributed by atoms with van der Waals surface area (Å²) in [5.74, 6) is -2.09. The van der Waals surface area contributed by atoms with E-state index >= 15 is 0 Å². The van der Waals surface area contributed by atoms with Crippen molar-refractivity contribution in [1.29, 1.82) is 0 Å². The zero-order valence-electron chi connectivity index (χ0n) is 15.0. The number of thiazole rings is 1. The molecule has 0 saturated heterocycles. The summed E-state index contributed by atoms with van der Waals surface area (Å²) in [7, 11) is 0. The monoisotopic (exact) mass is 423 g/mol. The van der Waals surface area contributed by atoms with Gasteiger partial charge in [0.1, 0.15) is 10.8 Å². The zero-order chi connectivity index (χ0) is 20.4. The van der Waals surface area contributed by atoms with Crippen LogP contribution >= 0.6 is 22.9 Å². The van der Waals surface area contributed by atoms with Gasteiger partial charge in [-0.05, 0) is 44.2 Å². The number of carboxylic acids is 1. The maximum absolute atomic E-state index is 14.3. The van der Waals surface area contributed by atoms with Gasteiger partial charge in [0.15, 0.2) is 11.6 Å². The molecule has 0 unspecified atom stereocenters. The van der Waals surface area contributed by atoms with Crippen molar-refractivity contribution in [1.82, 2.24) is 4.98 Å². The first-order valence-corrected chi connectivity index (χ1v) is 9.57. The number of rotatable bonds is 6. The maximum Gasteiger partial charge on any atom is 0.308 e. The van der Waals surface area contributed by atoms with Crippen molar-refractivity contribution in [2.45, 2.75) is 26.4 Å². The van der Waals surface area contributed by atoms with Gasteiger partial charge in [-0.3, -0.25) is 4.79 Å². The van der Waals surface area contributed by atoms with Gasteiger partial charge >= 0.3 is 5.97 Å². The highest BCUT2D eigenvalue weighted by Gasteiger charge is 2.19. The number of carbonyl (C=O) groups is 1. The van der Waals surface area contributed by atoms with E-state index in [0.29, 0.717) is 26.7 Å². The number of ether oxygens (including phenoxy) is 1. The molecule has 0 spiro atoms. The quantitative estimate of drug-likeness (QED) is 0.542. The summed E-state index contributed by atoms with van der Waals surface area (Å²) in [6.07, 6.45) is -0.456. The molecular weight excluding hydrogens is 408 g/mol. The number of benzene rings is 2. The van der Waals surface area contributed by atoms with Crippen molar-refractivity contribution < 1.29 is 23.4 Å². The Morgan fingerprint density at radius 2 is 1.86 bits per heavy atom. The summed E-state index contributed by atoms with van der Waals surface area (Å²) in [5, 5.41) is 9.58. The SMILES string of the molecule is CC(C)Oc1ccc(-c2nc(-c3ccc(Cl)c(F)c3)c(CC(=O)O)s2)cc1F. The van der Waals surface area contributed by atoms with Crippen molar-refractivity contribution in [3.8, 4) is 27.6 Å². The molecule has 0 amide bonds. The number of nitrogens with zero attached hydrogens (tertiary/aromatic N) is 1. The largest absolute Gasteiger partial charge is 0.488 e. The van der Waals surface area contributed by atoms with E-state index in [1.165, 1.54) is 24.3 Å². The molecule has 3 aromatic rings. The number of aromatic nitrogens is 1. The Bertz CT molecular complexity index is 1040. The Labute approximate surface area is 169 Å². The lowest BCUT2D eigenvalue weighted by atomic mass is 10.1. The number of hydrogen-bond acceptors (Lipinski definition) is 4. The highest BCUT2D eigenvalue weighted by atomic mass is 35.5. The van der Waals surface area contributed by atoms with Gasteiger partial charge in [0, 0.05) is 16.0 Å². The topological polar surface area (TPSA) is 59.4 Å². The van der Waals surface area contributed by atoms with Crippen LogP contribution in [0.2, 0.25) is 5.02 Å². The van der Waals surface area contributed by atoms with Crippen LogP contribution in [0.5, 0.6) is 5.75 Å². The molecule has 0 aliphatic rings. The molecule has 3 rings (SSSR count). The molecule has 1 N–H and O–H groups in total. The molecule has 146 valence electrons. The molecule has 2 aromatic carbocycles. The summed E-state index contributed by atoms with van der Waals surface area (Å²) in [4.78, 5) is 16.1. The molecule has 4 nitrogen and oxygen atoms in total. The normalized spacial score (nSPS) is 11.1. The highest BCUT2D eigenvalue weighted by Crippen LogP contribution is 2.36. The Morgan fingerprint density at radius 1 is 1.18 bits per heavy atom. The second kappa shape index (κ2) is 8.24. The van der Waals surface area contributed by atoms with Gasteiger partial charge in [0.2, 0.25) is 0 Å². The fourth-order valence-corrected chi connectivity index (χ4v) is 3.77. The lowest BCUT2D eigenvalue weighted by Crippen LogP contribution is -2.06. The second-order valence-electron chi connectivity index (χ2n) is 6.30.